The highest BCUT2D eigenvalue weighted by atomic mass is 31.1. The third-order valence-corrected chi connectivity index (χ3v) is 2.63. The molecule has 3 atom stereocenters. The molecule has 0 radical (unpaired) electrons. The molecule has 98 valence electrons. The van der Waals surface area contributed by atoms with Gasteiger partial charge in [0.05, 0.1) is 18.8 Å². The lowest BCUT2D eigenvalue weighted by Crippen LogP contribution is -2.23. The molecule has 3 N–H and O–H groups in total. The molecular weight excluding hydrogens is 251 g/mol. The van der Waals surface area contributed by atoms with Gasteiger partial charge < -0.3 is 20.1 Å². The van der Waals surface area contributed by atoms with Crippen molar-refractivity contribution in [1.29, 1.82) is 0 Å². The maximum atomic E-state index is 11.2. The molecule has 0 aliphatic heterocycles. The Morgan fingerprint density at radius 1 is 1.47 bits per heavy atom. The fourth-order valence-corrected chi connectivity index (χ4v) is 1.46. The number of aliphatic hydroxyl groups is 2. The fourth-order valence-electron chi connectivity index (χ4n) is 0.657. The first kappa shape index (κ1) is 16.1. The van der Waals surface area contributed by atoms with E-state index < -0.39 is 26.4 Å². The van der Waals surface area contributed by atoms with E-state index in [1.54, 1.807) is 0 Å². The molecule has 0 rings (SSSR count). The second-order valence-corrected chi connectivity index (χ2v) is 4.58. The molecule has 0 amide bonds. The third-order valence-electron chi connectivity index (χ3n) is 1.64. The van der Waals surface area contributed by atoms with Crippen molar-refractivity contribution in [3.8, 4) is 0 Å². The molecule has 0 aromatic heterocycles. The number of hydrogen-bond acceptors (Lipinski definition) is 6. The molecule has 0 saturated heterocycles. The fraction of sp³-hybridized carbons (Fsp3) is 0.667. The molecule has 3 unspecified atom stereocenters. The van der Waals surface area contributed by atoms with Crippen LogP contribution in [0.3, 0.4) is 0 Å². The van der Waals surface area contributed by atoms with Crippen LogP contribution < -0.4 is 0 Å². The Bertz CT molecular complexity index is 289. The number of rotatable bonds is 9. The minimum absolute atomic E-state index is 0.00792. The summed E-state index contributed by atoms with van der Waals surface area (Å²) in [6.45, 7) is 4.37. The summed E-state index contributed by atoms with van der Waals surface area (Å²) >= 11 is 0. The Morgan fingerprint density at radius 2 is 2.06 bits per heavy atom. The van der Waals surface area contributed by atoms with E-state index in [-0.39, 0.29) is 24.9 Å². The quantitative estimate of drug-likeness (QED) is 0.235. The predicted molar refractivity (Wildman–Crippen MR) is 58.8 cm³/mol. The van der Waals surface area contributed by atoms with E-state index in [0.29, 0.717) is 0 Å². The van der Waals surface area contributed by atoms with Crippen molar-refractivity contribution in [2.75, 3.05) is 19.4 Å². The van der Waals surface area contributed by atoms with Crippen LogP contribution >= 0.6 is 8.03 Å². The van der Waals surface area contributed by atoms with Gasteiger partial charge in [-0.25, -0.2) is 4.79 Å². The number of carboxylic acids is 1. The van der Waals surface area contributed by atoms with Crippen LogP contribution in [-0.2, 0) is 18.6 Å². The molecule has 0 aromatic rings. The van der Waals surface area contributed by atoms with Crippen molar-refractivity contribution >= 4 is 14.0 Å². The molecule has 0 saturated carbocycles. The van der Waals surface area contributed by atoms with Gasteiger partial charge in [-0.15, -0.1) is 4.52 Å². The second kappa shape index (κ2) is 8.27. The molecule has 0 aromatic carbocycles. The molecule has 17 heavy (non-hydrogen) atoms. The summed E-state index contributed by atoms with van der Waals surface area (Å²) in [6, 6.07) is 0. The van der Waals surface area contributed by atoms with Gasteiger partial charge in [0.15, 0.2) is 0 Å². The van der Waals surface area contributed by atoms with E-state index in [9.17, 15) is 9.36 Å². The first-order valence-electron chi connectivity index (χ1n) is 4.81. The standard InChI is InChI=1S/C9H15O7P/c1-6(8(11)12)5-15-3-4-17(14)16-9(13)7(2)10/h7,9-10,13H,1,3-5H2,2H3/p+1. The van der Waals surface area contributed by atoms with Gasteiger partial charge in [-0.2, -0.15) is 0 Å². The molecule has 7 nitrogen and oxygen atoms in total. The SMILES string of the molecule is C=C(COCC[P+](=O)OC(O)C(C)O)C(=O)O. The van der Waals surface area contributed by atoms with Gasteiger partial charge in [-0.3, -0.25) is 0 Å². The molecule has 0 fully saturated rings. The Balaban J connectivity index is 3.65. The number of ether oxygens (including phenoxy) is 1. The highest BCUT2D eigenvalue weighted by molar-refractivity contribution is 7.39. The lowest BCUT2D eigenvalue weighted by molar-refractivity contribution is -0.133. The maximum Gasteiger partial charge on any atom is 0.513 e. The minimum atomic E-state index is -2.16. The minimum Gasteiger partial charge on any atom is -0.478 e. The van der Waals surface area contributed by atoms with Gasteiger partial charge >= 0.3 is 14.0 Å². The van der Waals surface area contributed by atoms with E-state index >= 15 is 0 Å². The van der Waals surface area contributed by atoms with E-state index in [1.807, 2.05) is 0 Å². The lowest BCUT2D eigenvalue weighted by Gasteiger charge is -2.06. The first-order chi connectivity index (χ1) is 7.84. The van der Waals surface area contributed by atoms with Crippen LogP contribution in [-0.4, -0.2) is 53.1 Å². The normalized spacial score (nSPS) is 15.1. The van der Waals surface area contributed by atoms with Crippen LogP contribution in [0.5, 0.6) is 0 Å². The van der Waals surface area contributed by atoms with Crippen molar-refractivity contribution in [2.24, 2.45) is 0 Å². The number of aliphatic hydroxyl groups excluding tert-OH is 2. The van der Waals surface area contributed by atoms with Crippen molar-refractivity contribution in [3.05, 3.63) is 12.2 Å². The van der Waals surface area contributed by atoms with Crippen LogP contribution in [0.1, 0.15) is 6.92 Å². The Morgan fingerprint density at radius 3 is 2.53 bits per heavy atom. The maximum absolute atomic E-state index is 11.2. The van der Waals surface area contributed by atoms with Crippen LogP contribution in [0.2, 0.25) is 0 Å². The average Bonchev–Trinajstić information content (AvgIpc) is 2.23. The summed E-state index contributed by atoms with van der Waals surface area (Å²) in [5.74, 6) is -1.16. The molecule has 0 heterocycles. The number of hydrogen-bond donors (Lipinski definition) is 3. The van der Waals surface area contributed by atoms with Gasteiger partial charge in [0.1, 0.15) is 6.10 Å². The van der Waals surface area contributed by atoms with Crippen molar-refractivity contribution in [1.82, 2.24) is 0 Å². The van der Waals surface area contributed by atoms with E-state index in [4.69, 9.17) is 20.1 Å². The molecule has 8 heteroatoms. The van der Waals surface area contributed by atoms with Gasteiger partial charge in [0, 0.05) is 0 Å². The molecule has 0 aliphatic carbocycles. The van der Waals surface area contributed by atoms with Gasteiger partial charge in [-0.1, -0.05) is 6.58 Å². The second-order valence-electron chi connectivity index (χ2n) is 3.25. The Hall–Kier alpha value is -0.850. The first-order valence-corrected chi connectivity index (χ1v) is 6.17. The van der Waals surface area contributed by atoms with Gasteiger partial charge in [0.25, 0.3) is 0 Å². The summed E-state index contributed by atoms with van der Waals surface area (Å²) in [5.41, 5.74) is -0.106. The van der Waals surface area contributed by atoms with Crippen molar-refractivity contribution in [2.45, 2.75) is 19.3 Å². The summed E-state index contributed by atoms with van der Waals surface area (Å²) in [4.78, 5) is 10.3. The number of carboxylic acid groups (broad SMARTS) is 1. The summed E-state index contributed by atoms with van der Waals surface area (Å²) < 4.78 is 20.6. The van der Waals surface area contributed by atoms with Crippen LogP contribution in [0, 0.1) is 0 Å². The van der Waals surface area contributed by atoms with Crippen LogP contribution in [0.15, 0.2) is 12.2 Å². The molecular formula is C9H16O7P+. The van der Waals surface area contributed by atoms with Gasteiger partial charge in [0.2, 0.25) is 12.5 Å². The number of aliphatic carboxylic acids is 1. The predicted octanol–water partition coefficient (Wildman–Crippen LogP) is 0.102. The van der Waals surface area contributed by atoms with Crippen molar-refractivity contribution < 1.29 is 33.9 Å². The zero-order valence-corrected chi connectivity index (χ0v) is 10.3. The lowest BCUT2D eigenvalue weighted by atomic mass is 10.3. The summed E-state index contributed by atoms with van der Waals surface area (Å²) in [7, 11) is -2.16. The van der Waals surface area contributed by atoms with E-state index in [1.165, 1.54) is 6.92 Å². The molecule has 0 aliphatic rings. The van der Waals surface area contributed by atoms with E-state index in [2.05, 4.69) is 11.1 Å². The Labute approximate surface area is 99.5 Å². The largest absolute Gasteiger partial charge is 0.513 e. The average molecular weight is 267 g/mol. The van der Waals surface area contributed by atoms with Crippen LogP contribution in [0.25, 0.3) is 0 Å². The monoisotopic (exact) mass is 267 g/mol. The molecule has 0 bridgehead atoms. The van der Waals surface area contributed by atoms with E-state index in [0.717, 1.165) is 0 Å². The zero-order valence-electron chi connectivity index (χ0n) is 9.40. The van der Waals surface area contributed by atoms with Crippen LogP contribution in [0.4, 0.5) is 0 Å². The Kier molecular flexibility index (Phi) is 7.86. The summed E-state index contributed by atoms with van der Waals surface area (Å²) in [6.07, 6.45) is -2.65. The topological polar surface area (TPSA) is 113 Å². The van der Waals surface area contributed by atoms with Crippen molar-refractivity contribution in [3.63, 3.8) is 0 Å². The molecule has 0 spiro atoms. The summed E-state index contributed by atoms with van der Waals surface area (Å²) in [5, 5.41) is 26.3. The highest BCUT2D eigenvalue weighted by Gasteiger charge is 2.26. The third kappa shape index (κ3) is 7.95. The zero-order chi connectivity index (χ0) is 13.4. The highest BCUT2D eigenvalue weighted by Crippen LogP contribution is 2.24. The van der Waals surface area contributed by atoms with Gasteiger partial charge in [-0.05, 0) is 11.5 Å². The smallest absolute Gasteiger partial charge is 0.478 e. The number of carbonyl (C=O) groups is 1.